The predicted molar refractivity (Wildman–Crippen MR) is 121 cm³/mol. The number of ether oxygens (including phenoxy) is 1. The van der Waals surface area contributed by atoms with Crippen LogP contribution in [0, 0.1) is 0 Å². The molecule has 1 unspecified atom stereocenters. The minimum Gasteiger partial charge on any atom is -0.494 e. The summed E-state index contributed by atoms with van der Waals surface area (Å²) in [5, 5.41) is 3.58. The average Bonchev–Trinajstić information content (AvgIpc) is 2.76. The smallest absolute Gasteiger partial charge is 0.242 e. The highest BCUT2D eigenvalue weighted by Gasteiger charge is 2.28. The van der Waals surface area contributed by atoms with E-state index >= 15 is 0 Å². The second-order valence-electron chi connectivity index (χ2n) is 7.13. The van der Waals surface area contributed by atoms with Gasteiger partial charge in [0.1, 0.15) is 11.8 Å². The maximum Gasteiger partial charge on any atom is 0.242 e. The summed E-state index contributed by atoms with van der Waals surface area (Å²) in [6, 6.07) is 16.4. The average molecular weight is 431 g/mol. The van der Waals surface area contributed by atoms with Crippen LogP contribution >= 0.6 is 11.6 Å². The summed E-state index contributed by atoms with van der Waals surface area (Å²) in [4.78, 5) is 27.4. The topological polar surface area (TPSA) is 58.6 Å². The van der Waals surface area contributed by atoms with Crippen molar-refractivity contribution in [3.05, 3.63) is 65.2 Å². The molecule has 0 aromatic heterocycles. The Balaban J connectivity index is 1.99. The first-order chi connectivity index (χ1) is 14.5. The van der Waals surface area contributed by atoms with Gasteiger partial charge in [0, 0.05) is 24.5 Å². The van der Waals surface area contributed by atoms with Crippen molar-refractivity contribution in [1.29, 1.82) is 0 Å². The minimum absolute atomic E-state index is 0.0444. The standard InChI is InChI=1S/C24H31ClN2O3/c1-3-16-26-24(29)22(4-2)27(18-19-9-6-5-7-10-19)23(28)11-8-17-30-21-14-12-20(25)13-15-21/h5-7,9-10,12-15,22H,3-4,8,11,16-18H2,1-2H3,(H,26,29). The number of nitrogens with zero attached hydrogens (tertiary/aromatic N) is 1. The first-order valence-corrected chi connectivity index (χ1v) is 10.9. The van der Waals surface area contributed by atoms with Gasteiger partial charge in [0.2, 0.25) is 11.8 Å². The Morgan fingerprint density at radius 1 is 1.07 bits per heavy atom. The van der Waals surface area contributed by atoms with E-state index < -0.39 is 6.04 Å². The number of hydrogen-bond acceptors (Lipinski definition) is 3. The molecule has 30 heavy (non-hydrogen) atoms. The van der Waals surface area contributed by atoms with E-state index in [9.17, 15) is 9.59 Å². The van der Waals surface area contributed by atoms with Gasteiger partial charge in [0.05, 0.1) is 6.61 Å². The largest absolute Gasteiger partial charge is 0.494 e. The molecule has 0 spiro atoms. The van der Waals surface area contributed by atoms with E-state index in [-0.39, 0.29) is 11.8 Å². The number of halogens is 1. The summed E-state index contributed by atoms with van der Waals surface area (Å²) in [7, 11) is 0. The fourth-order valence-electron chi connectivity index (χ4n) is 3.15. The molecule has 2 rings (SSSR count). The molecular formula is C24H31ClN2O3. The summed E-state index contributed by atoms with van der Waals surface area (Å²) in [6.07, 6.45) is 2.31. The Bertz CT molecular complexity index is 781. The van der Waals surface area contributed by atoms with Crippen LogP contribution in [0.4, 0.5) is 0 Å². The molecule has 0 aliphatic rings. The van der Waals surface area contributed by atoms with Crippen LogP contribution in [0.5, 0.6) is 5.75 Å². The molecule has 2 amide bonds. The van der Waals surface area contributed by atoms with Crippen molar-refractivity contribution in [2.24, 2.45) is 0 Å². The van der Waals surface area contributed by atoms with Crippen molar-refractivity contribution in [1.82, 2.24) is 10.2 Å². The van der Waals surface area contributed by atoms with E-state index in [2.05, 4.69) is 5.32 Å². The van der Waals surface area contributed by atoms with Gasteiger partial charge < -0.3 is 15.0 Å². The zero-order valence-electron chi connectivity index (χ0n) is 17.8. The molecule has 1 atom stereocenters. The molecule has 162 valence electrons. The van der Waals surface area contributed by atoms with Gasteiger partial charge in [-0.25, -0.2) is 0 Å². The Morgan fingerprint density at radius 2 is 1.77 bits per heavy atom. The second-order valence-corrected chi connectivity index (χ2v) is 7.56. The normalized spacial score (nSPS) is 11.6. The second kappa shape index (κ2) is 12.9. The maximum atomic E-state index is 13.1. The Morgan fingerprint density at radius 3 is 2.40 bits per heavy atom. The third kappa shape index (κ3) is 7.71. The van der Waals surface area contributed by atoms with E-state index in [4.69, 9.17) is 16.3 Å². The van der Waals surface area contributed by atoms with Crippen LogP contribution < -0.4 is 10.1 Å². The monoisotopic (exact) mass is 430 g/mol. The van der Waals surface area contributed by atoms with Gasteiger partial charge >= 0.3 is 0 Å². The van der Waals surface area contributed by atoms with Crippen molar-refractivity contribution >= 4 is 23.4 Å². The predicted octanol–water partition coefficient (Wildman–Crippen LogP) is 4.83. The Labute approximate surface area is 184 Å². The van der Waals surface area contributed by atoms with Crippen molar-refractivity contribution in [2.45, 2.75) is 52.1 Å². The fourth-order valence-corrected chi connectivity index (χ4v) is 3.28. The molecular weight excluding hydrogens is 400 g/mol. The fraction of sp³-hybridized carbons (Fsp3) is 0.417. The molecule has 0 bridgehead atoms. The molecule has 2 aromatic carbocycles. The SMILES string of the molecule is CCCNC(=O)C(CC)N(Cc1ccccc1)C(=O)CCCOc1ccc(Cl)cc1. The van der Waals surface area contributed by atoms with E-state index in [1.165, 1.54) is 0 Å². The summed E-state index contributed by atoms with van der Waals surface area (Å²) in [6.45, 7) is 5.39. The van der Waals surface area contributed by atoms with Gasteiger partial charge in [-0.3, -0.25) is 9.59 Å². The molecule has 0 aliphatic heterocycles. The maximum absolute atomic E-state index is 13.1. The van der Waals surface area contributed by atoms with Crippen molar-refractivity contribution in [2.75, 3.05) is 13.2 Å². The quantitative estimate of drug-likeness (QED) is 0.490. The summed E-state index contributed by atoms with van der Waals surface area (Å²) < 4.78 is 5.69. The zero-order valence-corrected chi connectivity index (χ0v) is 18.5. The molecule has 0 radical (unpaired) electrons. The van der Waals surface area contributed by atoms with Crippen LogP contribution in [-0.2, 0) is 16.1 Å². The lowest BCUT2D eigenvalue weighted by molar-refractivity contribution is -0.141. The summed E-state index contributed by atoms with van der Waals surface area (Å²) >= 11 is 5.88. The van der Waals surface area contributed by atoms with Crippen LogP contribution in [-0.4, -0.2) is 35.9 Å². The molecule has 0 fully saturated rings. The van der Waals surface area contributed by atoms with Crippen LogP contribution in [0.1, 0.15) is 45.1 Å². The number of rotatable bonds is 12. The van der Waals surface area contributed by atoms with Crippen molar-refractivity contribution < 1.29 is 14.3 Å². The Kier molecular flexibility index (Phi) is 10.2. The summed E-state index contributed by atoms with van der Waals surface area (Å²) in [5.74, 6) is 0.580. The molecule has 6 heteroatoms. The lowest BCUT2D eigenvalue weighted by Crippen LogP contribution is -2.49. The van der Waals surface area contributed by atoms with Gasteiger partial charge in [-0.1, -0.05) is 55.8 Å². The first-order valence-electron chi connectivity index (χ1n) is 10.5. The van der Waals surface area contributed by atoms with Gasteiger partial charge in [0.15, 0.2) is 0 Å². The highest BCUT2D eigenvalue weighted by molar-refractivity contribution is 6.30. The number of carbonyl (C=O) groups excluding carboxylic acids is 2. The van der Waals surface area contributed by atoms with Crippen LogP contribution in [0.2, 0.25) is 5.02 Å². The number of benzene rings is 2. The van der Waals surface area contributed by atoms with Gasteiger partial charge in [-0.05, 0) is 49.1 Å². The van der Waals surface area contributed by atoms with E-state index in [0.29, 0.717) is 44.0 Å². The third-order valence-electron chi connectivity index (χ3n) is 4.75. The molecule has 5 nitrogen and oxygen atoms in total. The minimum atomic E-state index is -0.485. The molecule has 0 saturated carbocycles. The van der Waals surface area contributed by atoms with E-state index in [1.807, 2.05) is 44.2 Å². The number of nitrogens with one attached hydrogen (secondary N) is 1. The van der Waals surface area contributed by atoms with Crippen LogP contribution in [0.15, 0.2) is 54.6 Å². The van der Waals surface area contributed by atoms with E-state index in [1.54, 1.807) is 29.2 Å². The highest BCUT2D eigenvalue weighted by atomic mass is 35.5. The van der Waals surface area contributed by atoms with Crippen LogP contribution in [0.3, 0.4) is 0 Å². The Hall–Kier alpha value is -2.53. The van der Waals surface area contributed by atoms with Crippen molar-refractivity contribution in [3.8, 4) is 5.75 Å². The van der Waals surface area contributed by atoms with Gasteiger partial charge in [-0.15, -0.1) is 0 Å². The lowest BCUT2D eigenvalue weighted by Gasteiger charge is -2.30. The molecule has 2 aromatic rings. The van der Waals surface area contributed by atoms with Crippen molar-refractivity contribution in [3.63, 3.8) is 0 Å². The lowest BCUT2D eigenvalue weighted by atomic mass is 10.1. The number of hydrogen-bond donors (Lipinski definition) is 1. The van der Waals surface area contributed by atoms with E-state index in [0.717, 1.165) is 17.7 Å². The summed E-state index contributed by atoms with van der Waals surface area (Å²) in [5.41, 5.74) is 1.00. The molecule has 0 heterocycles. The molecule has 0 saturated heterocycles. The zero-order chi connectivity index (χ0) is 21.8. The third-order valence-corrected chi connectivity index (χ3v) is 5.00. The highest BCUT2D eigenvalue weighted by Crippen LogP contribution is 2.17. The van der Waals surface area contributed by atoms with Crippen LogP contribution in [0.25, 0.3) is 0 Å². The molecule has 0 aliphatic carbocycles. The number of amides is 2. The number of carbonyl (C=O) groups is 2. The van der Waals surface area contributed by atoms with Gasteiger partial charge in [0.25, 0.3) is 0 Å². The van der Waals surface area contributed by atoms with Gasteiger partial charge in [-0.2, -0.15) is 0 Å². The molecule has 1 N–H and O–H groups in total. The first kappa shape index (κ1) is 23.7.